The van der Waals surface area contributed by atoms with E-state index in [2.05, 4.69) is 26.5 Å². The number of fused-ring (bicyclic) bond motifs is 1. The van der Waals surface area contributed by atoms with E-state index in [0.29, 0.717) is 5.65 Å². The highest BCUT2D eigenvalue weighted by Gasteiger charge is 2.19. The van der Waals surface area contributed by atoms with Crippen molar-refractivity contribution in [2.24, 2.45) is 0 Å². The van der Waals surface area contributed by atoms with Gasteiger partial charge in [0, 0.05) is 11.8 Å². The molecule has 2 heterocycles. The minimum Gasteiger partial charge on any atom is -0.233 e. The van der Waals surface area contributed by atoms with Crippen molar-refractivity contribution in [3.8, 4) is 17.2 Å². The molecule has 5 heteroatoms. The molecule has 1 aromatic carbocycles. The maximum Gasteiger partial charge on any atom is 0.201 e. The first-order chi connectivity index (χ1) is 9.60. The van der Waals surface area contributed by atoms with Gasteiger partial charge in [-0.25, -0.2) is 4.98 Å². The summed E-state index contributed by atoms with van der Waals surface area (Å²) in [5, 5.41) is 19.7. The Morgan fingerprint density at radius 3 is 2.55 bits per heavy atom. The van der Waals surface area contributed by atoms with Crippen LogP contribution in [0.3, 0.4) is 0 Å². The van der Waals surface area contributed by atoms with Crippen LogP contribution in [0.1, 0.15) is 19.4 Å². The molecule has 0 aliphatic heterocycles. The summed E-state index contributed by atoms with van der Waals surface area (Å²) in [6.45, 7) is 3.82. The van der Waals surface area contributed by atoms with Gasteiger partial charge in [0.15, 0.2) is 0 Å². The van der Waals surface area contributed by atoms with E-state index < -0.39 is 5.41 Å². The van der Waals surface area contributed by atoms with Crippen molar-refractivity contribution in [2.45, 2.75) is 19.3 Å². The van der Waals surface area contributed by atoms with Gasteiger partial charge in [-0.1, -0.05) is 24.3 Å². The summed E-state index contributed by atoms with van der Waals surface area (Å²) in [5.74, 6) is 0. The summed E-state index contributed by atoms with van der Waals surface area (Å²) in [5.41, 5.74) is 3.89. The first kappa shape index (κ1) is 12.3. The molecular formula is C15H13N5. The molecule has 0 amide bonds. The number of aromatic nitrogens is 4. The lowest BCUT2D eigenvalue weighted by molar-refractivity contribution is 0.687. The fraction of sp³-hybridized carbons (Fsp3) is 0.200. The van der Waals surface area contributed by atoms with Crippen LogP contribution in [-0.2, 0) is 5.41 Å². The Labute approximate surface area is 116 Å². The molecule has 3 rings (SSSR count). The monoisotopic (exact) mass is 263 g/mol. The van der Waals surface area contributed by atoms with E-state index in [1.54, 1.807) is 6.20 Å². The number of aromatic amines is 1. The second-order valence-electron chi connectivity index (χ2n) is 5.20. The van der Waals surface area contributed by atoms with Crippen LogP contribution in [0, 0.1) is 11.3 Å². The van der Waals surface area contributed by atoms with Crippen LogP contribution < -0.4 is 0 Å². The van der Waals surface area contributed by atoms with Crippen LogP contribution in [0.15, 0.2) is 36.5 Å². The zero-order valence-electron chi connectivity index (χ0n) is 11.3. The zero-order chi connectivity index (χ0) is 14.2. The highest BCUT2D eigenvalue weighted by atomic mass is 15.3. The number of rotatable bonds is 2. The van der Waals surface area contributed by atoms with Crippen molar-refractivity contribution in [1.82, 2.24) is 20.4 Å². The number of H-pyrrole nitrogens is 1. The minimum atomic E-state index is -0.479. The molecule has 1 N–H and O–H groups in total. The molecule has 98 valence electrons. The fourth-order valence-corrected chi connectivity index (χ4v) is 2.04. The SMILES string of the molecule is CC(C)(C#N)c1ccc(-c2cnc3n[nH]nc3c2)cc1. The number of hydrogen-bond donors (Lipinski definition) is 1. The Kier molecular flexibility index (Phi) is 2.72. The standard InChI is InChI=1S/C15H13N5/c1-15(2,9-16)12-5-3-10(4-6-12)11-7-13-14(17-8-11)19-20-18-13/h3-8H,1-2H3,(H,17,18,19,20). The first-order valence-corrected chi connectivity index (χ1v) is 6.29. The molecule has 0 aliphatic rings. The number of hydrogen-bond acceptors (Lipinski definition) is 4. The van der Waals surface area contributed by atoms with Crippen molar-refractivity contribution < 1.29 is 0 Å². The summed E-state index contributed by atoms with van der Waals surface area (Å²) >= 11 is 0. The van der Waals surface area contributed by atoms with Gasteiger partial charge >= 0.3 is 0 Å². The average Bonchev–Trinajstić information content (AvgIpc) is 2.94. The van der Waals surface area contributed by atoms with Crippen LogP contribution in [0.2, 0.25) is 0 Å². The quantitative estimate of drug-likeness (QED) is 0.771. The van der Waals surface area contributed by atoms with Gasteiger partial charge in [-0.3, -0.25) is 0 Å². The van der Waals surface area contributed by atoms with E-state index >= 15 is 0 Å². The maximum atomic E-state index is 9.15. The third kappa shape index (κ3) is 2.01. The Bertz CT molecular complexity index is 793. The number of nitriles is 1. The normalized spacial score (nSPS) is 11.4. The van der Waals surface area contributed by atoms with Crippen LogP contribution in [0.5, 0.6) is 0 Å². The van der Waals surface area contributed by atoms with Crippen LogP contribution >= 0.6 is 0 Å². The summed E-state index contributed by atoms with van der Waals surface area (Å²) in [7, 11) is 0. The van der Waals surface area contributed by atoms with Gasteiger partial charge in [0.2, 0.25) is 5.65 Å². The molecule has 2 aromatic heterocycles. The van der Waals surface area contributed by atoms with E-state index in [4.69, 9.17) is 5.26 Å². The minimum absolute atomic E-state index is 0.479. The van der Waals surface area contributed by atoms with Gasteiger partial charge in [0.1, 0.15) is 5.52 Å². The van der Waals surface area contributed by atoms with Crippen LogP contribution in [0.25, 0.3) is 22.3 Å². The number of benzene rings is 1. The van der Waals surface area contributed by atoms with E-state index in [1.807, 2.05) is 44.2 Å². The maximum absolute atomic E-state index is 9.15. The van der Waals surface area contributed by atoms with Gasteiger partial charge < -0.3 is 0 Å². The molecule has 0 fully saturated rings. The molecule has 0 radical (unpaired) electrons. The van der Waals surface area contributed by atoms with E-state index in [0.717, 1.165) is 22.2 Å². The zero-order valence-corrected chi connectivity index (χ0v) is 11.3. The highest BCUT2D eigenvalue weighted by Crippen LogP contribution is 2.26. The summed E-state index contributed by atoms with van der Waals surface area (Å²) < 4.78 is 0. The lowest BCUT2D eigenvalue weighted by Crippen LogP contribution is -2.13. The van der Waals surface area contributed by atoms with Gasteiger partial charge in [-0.2, -0.15) is 15.6 Å². The van der Waals surface area contributed by atoms with Gasteiger partial charge in [0.25, 0.3) is 0 Å². The lowest BCUT2D eigenvalue weighted by atomic mass is 9.85. The van der Waals surface area contributed by atoms with E-state index in [1.165, 1.54) is 0 Å². The molecule has 5 nitrogen and oxygen atoms in total. The molecule has 0 spiro atoms. The van der Waals surface area contributed by atoms with Crippen molar-refractivity contribution in [3.05, 3.63) is 42.1 Å². The van der Waals surface area contributed by atoms with Crippen molar-refractivity contribution in [2.75, 3.05) is 0 Å². The average molecular weight is 263 g/mol. The smallest absolute Gasteiger partial charge is 0.201 e. The Morgan fingerprint density at radius 2 is 1.85 bits per heavy atom. The lowest BCUT2D eigenvalue weighted by Gasteiger charge is -2.15. The number of nitrogens with one attached hydrogen (secondary N) is 1. The van der Waals surface area contributed by atoms with Gasteiger partial charge in [-0.05, 0) is 31.0 Å². The molecule has 0 unspecified atom stereocenters. The van der Waals surface area contributed by atoms with Crippen LogP contribution in [-0.4, -0.2) is 20.4 Å². The van der Waals surface area contributed by atoms with E-state index in [9.17, 15) is 0 Å². The van der Waals surface area contributed by atoms with Crippen LogP contribution in [0.4, 0.5) is 0 Å². The van der Waals surface area contributed by atoms with Crippen molar-refractivity contribution >= 4 is 11.2 Å². The third-order valence-corrected chi connectivity index (χ3v) is 3.39. The largest absolute Gasteiger partial charge is 0.233 e. The Hall–Kier alpha value is -2.74. The first-order valence-electron chi connectivity index (χ1n) is 6.29. The molecule has 0 aliphatic carbocycles. The third-order valence-electron chi connectivity index (χ3n) is 3.39. The predicted molar refractivity (Wildman–Crippen MR) is 75.8 cm³/mol. The fourth-order valence-electron chi connectivity index (χ4n) is 2.04. The topological polar surface area (TPSA) is 78.2 Å². The molecule has 3 aromatic rings. The molecule has 20 heavy (non-hydrogen) atoms. The summed E-state index contributed by atoms with van der Waals surface area (Å²) in [4.78, 5) is 4.25. The highest BCUT2D eigenvalue weighted by molar-refractivity contribution is 5.77. The van der Waals surface area contributed by atoms with Crippen molar-refractivity contribution in [3.63, 3.8) is 0 Å². The van der Waals surface area contributed by atoms with Gasteiger partial charge in [-0.15, -0.1) is 5.10 Å². The molecular weight excluding hydrogens is 250 g/mol. The Morgan fingerprint density at radius 1 is 1.10 bits per heavy atom. The molecule has 0 bridgehead atoms. The molecule has 0 saturated heterocycles. The second kappa shape index (κ2) is 4.42. The molecule has 0 atom stereocenters. The van der Waals surface area contributed by atoms with Crippen molar-refractivity contribution in [1.29, 1.82) is 5.26 Å². The van der Waals surface area contributed by atoms with Gasteiger partial charge in [0.05, 0.1) is 11.5 Å². The Balaban J connectivity index is 2.00. The predicted octanol–water partition coefficient (Wildman–Crippen LogP) is 2.82. The number of nitrogens with zero attached hydrogens (tertiary/aromatic N) is 4. The molecule has 0 saturated carbocycles. The summed E-state index contributed by atoms with van der Waals surface area (Å²) in [6, 6.07) is 12.2. The van der Waals surface area contributed by atoms with E-state index in [-0.39, 0.29) is 0 Å². The summed E-state index contributed by atoms with van der Waals surface area (Å²) in [6.07, 6.45) is 1.77. The second-order valence-corrected chi connectivity index (χ2v) is 5.20. The number of pyridine rings is 1.